The number of fused-ring (bicyclic) bond motifs is 1. The number of nitrogens with one attached hydrogen (secondary N) is 2. The summed E-state index contributed by atoms with van der Waals surface area (Å²) < 4.78 is 57.1. The molecule has 216 valence electrons. The highest BCUT2D eigenvalue weighted by atomic mass is 19.4. The average molecular weight is 569 g/mol. The van der Waals surface area contributed by atoms with Crippen molar-refractivity contribution in [1.82, 2.24) is 9.55 Å². The van der Waals surface area contributed by atoms with Crippen LogP contribution in [0, 0.1) is 23.1 Å². The van der Waals surface area contributed by atoms with Gasteiger partial charge in [0.05, 0.1) is 11.0 Å². The Hall–Kier alpha value is -4.08. The molecule has 2 unspecified atom stereocenters. The quantitative estimate of drug-likeness (QED) is 0.219. The number of amides is 1. The number of benzene rings is 3. The van der Waals surface area contributed by atoms with E-state index in [1.165, 1.54) is 48.5 Å². The number of carbonyl (C=O) groups excluding carboxylic acids is 1. The number of halogens is 4. The molecule has 5 rings (SSSR count). The van der Waals surface area contributed by atoms with Gasteiger partial charge in [-0.15, -0.1) is 13.2 Å². The van der Waals surface area contributed by atoms with Gasteiger partial charge in [0.25, 0.3) is 5.91 Å². The van der Waals surface area contributed by atoms with Gasteiger partial charge in [-0.05, 0) is 103 Å². The number of alkyl halides is 3. The van der Waals surface area contributed by atoms with E-state index < -0.39 is 12.2 Å². The van der Waals surface area contributed by atoms with Gasteiger partial charge in [0.15, 0.2) is 0 Å². The molecule has 1 aromatic heterocycles. The Kier molecular flexibility index (Phi) is 7.68. The lowest BCUT2D eigenvalue weighted by atomic mass is 9.68. The number of carbonyl (C=O) groups is 1. The van der Waals surface area contributed by atoms with E-state index in [4.69, 9.17) is 4.98 Å². The molecule has 2 atom stereocenters. The first-order valence-electron chi connectivity index (χ1n) is 13.5. The van der Waals surface area contributed by atoms with Crippen LogP contribution in [-0.4, -0.2) is 21.8 Å². The first-order valence-corrected chi connectivity index (χ1v) is 13.5. The molecule has 0 aliphatic heterocycles. The molecule has 1 aliphatic carbocycles. The maximum Gasteiger partial charge on any atom is 0.573 e. The zero-order valence-corrected chi connectivity index (χ0v) is 23.1. The van der Waals surface area contributed by atoms with Gasteiger partial charge in [0, 0.05) is 23.5 Å². The van der Waals surface area contributed by atoms with Gasteiger partial charge < -0.3 is 19.9 Å². The molecule has 10 heteroatoms. The second-order valence-electron chi connectivity index (χ2n) is 11.7. The zero-order chi connectivity index (χ0) is 29.4. The third-order valence-corrected chi connectivity index (χ3v) is 7.38. The minimum absolute atomic E-state index is 0.195. The van der Waals surface area contributed by atoms with Crippen LogP contribution in [-0.2, 0) is 6.54 Å². The molecule has 1 fully saturated rings. The van der Waals surface area contributed by atoms with E-state index in [0.29, 0.717) is 46.8 Å². The van der Waals surface area contributed by atoms with E-state index in [2.05, 4.69) is 36.1 Å². The minimum atomic E-state index is -4.77. The number of anilines is 3. The van der Waals surface area contributed by atoms with Crippen LogP contribution in [0.15, 0.2) is 66.7 Å². The standard InChI is InChI=1S/C31H32F4N4O2/c1-19-14-20(17-30(2,3)16-19)18-39-27-15-21(28(40)36-23-7-5-22(32)6-8-23)4-13-26(27)38-29(39)37-24-9-11-25(12-10-24)41-31(33,34)35/h4-13,15,19-20H,14,16-18H2,1-3H3,(H,36,40)(H,37,38). The van der Waals surface area contributed by atoms with Crippen LogP contribution >= 0.6 is 0 Å². The summed E-state index contributed by atoms with van der Waals surface area (Å²) in [4.78, 5) is 17.8. The summed E-state index contributed by atoms with van der Waals surface area (Å²) in [6, 6.07) is 16.3. The highest BCUT2D eigenvalue weighted by Crippen LogP contribution is 2.43. The van der Waals surface area contributed by atoms with Crippen molar-refractivity contribution in [2.24, 2.45) is 17.3 Å². The lowest BCUT2D eigenvalue weighted by Crippen LogP contribution is -2.30. The van der Waals surface area contributed by atoms with Gasteiger partial charge in [0.1, 0.15) is 11.6 Å². The zero-order valence-electron chi connectivity index (χ0n) is 23.1. The number of aromatic nitrogens is 2. The number of hydrogen-bond acceptors (Lipinski definition) is 4. The van der Waals surface area contributed by atoms with Gasteiger partial charge in [-0.2, -0.15) is 0 Å². The fourth-order valence-electron chi connectivity index (χ4n) is 6.09. The molecule has 3 aromatic carbocycles. The molecule has 0 radical (unpaired) electrons. The normalized spacial score (nSPS) is 18.7. The van der Waals surface area contributed by atoms with Crippen molar-refractivity contribution >= 4 is 34.3 Å². The van der Waals surface area contributed by atoms with Crippen LogP contribution in [0.1, 0.15) is 50.4 Å². The Balaban J connectivity index is 1.47. The summed E-state index contributed by atoms with van der Waals surface area (Å²) in [5, 5.41) is 6.04. The molecule has 0 saturated heterocycles. The Morgan fingerprint density at radius 1 is 1.02 bits per heavy atom. The molecule has 1 saturated carbocycles. The first-order chi connectivity index (χ1) is 19.3. The van der Waals surface area contributed by atoms with Crippen molar-refractivity contribution in [2.75, 3.05) is 10.6 Å². The second-order valence-corrected chi connectivity index (χ2v) is 11.7. The largest absolute Gasteiger partial charge is 0.573 e. The molecule has 0 spiro atoms. The van der Waals surface area contributed by atoms with E-state index in [9.17, 15) is 22.4 Å². The maximum atomic E-state index is 13.3. The van der Waals surface area contributed by atoms with E-state index in [1.807, 2.05) is 4.57 Å². The van der Waals surface area contributed by atoms with Gasteiger partial charge in [-0.3, -0.25) is 4.79 Å². The molecule has 0 bridgehead atoms. The van der Waals surface area contributed by atoms with Gasteiger partial charge in [-0.1, -0.05) is 20.8 Å². The predicted octanol–water partition coefficient (Wildman–Crippen LogP) is 8.53. The number of rotatable bonds is 7. The molecule has 2 N–H and O–H groups in total. The van der Waals surface area contributed by atoms with Crippen LogP contribution < -0.4 is 15.4 Å². The van der Waals surface area contributed by atoms with Crippen LogP contribution in [0.4, 0.5) is 34.9 Å². The minimum Gasteiger partial charge on any atom is -0.406 e. The molecule has 6 nitrogen and oxygen atoms in total. The molecule has 1 heterocycles. The highest BCUT2D eigenvalue weighted by molar-refractivity contribution is 6.06. The van der Waals surface area contributed by atoms with E-state index in [1.54, 1.807) is 18.2 Å². The third-order valence-electron chi connectivity index (χ3n) is 7.38. The SMILES string of the molecule is CC1CC(Cn2c(Nc3ccc(OC(F)(F)F)cc3)nc3ccc(C(=O)Nc4ccc(F)cc4)cc32)CC(C)(C)C1. The smallest absolute Gasteiger partial charge is 0.406 e. The summed E-state index contributed by atoms with van der Waals surface area (Å²) in [7, 11) is 0. The van der Waals surface area contributed by atoms with Crippen molar-refractivity contribution < 1.29 is 27.1 Å². The second kappa shape index (κ2) is 11.1. The van der Waals surface area contributed by atoms with Crippen molar-refractivity contribution in [2.45, 2.75) is 52.9 Å². The molecule has 4 aromatic rings. The summed E-state index contributed by atoms with van der Waals surface area (Å²) in [5.41, 5.74) is 3.06. The van der Waals surface area contributed by atoms with Gasteiger partial charge in [-0.25, -0.2) is 9.37 Å². The summed E-state index contributed by atoms with van der Waals surface area (Å²) in [5.74, 6) is 0.409. The number of hydrogen-bond donors (Lipinski definition) is 2. The summed E-state index contributed by atoms with van der Waals surface area (Å²) in [6.07, 6.45) is -1.53. The van der Waals surface area contributed by atoms with E-state index in [-0.39, 0.29) is 17.1 Å². The number of nitrogens with zero attached hydrogens (tertiary/aromatic N) is 2. The molecular formula is C31H32F4N4O2. The Morgan fingerprint density at radius 2 is 1.71 bits per heavy atom. The number of ether oxygens (including phenoxy) is 1. The van der Waals surface area contributed by atoms with Crippen molar-refractivity contribution in [1.29, 1.82) is 0 Å². The van der Waals surface area contributed by atoms with E-state index >= 15 is 0 Å². The van der Waals surface area contributed by atoms with Crippen molar-refractivity contribution in [3.05, 3.63) is 78.1 Å². The lowest BCUT2D eigenvalue weighted by Gasteiger charge is -2.39. The topological polar surface area (TPSA) is 68.2 Å². The Bertz CT molecular complexity index is 1530. The molecule has 1 aliphatic rings. The van der Waals surface area contributed by atoms with Crippen LogP contribution in [0.5, 0.6) is 5.75 Å². The summed E-state index contributed by atoms with van der Waals surface area (Å²) >= 11 is 0. The fourth-order valence-corrected chi connectivity index (χ4v) is 6.09. The first kappa shape index (κ1) is 28.4. The van der Waals surface area contributed by atoms with Crippen LogP contribution in [0.25, 0.3) is 11.0 Å². The average Bonchev–Trinajstić information content (AvgIpc) is 3.20. The Morgan fingerprint density at radius 3 is 2.37 bits per heavy atom. The molecule has 41 heavy (non-hydrogen) atoms. The molecular weight excluding hydrogens is 536 g/mol. The molecule has 1 amide bonds. The Labute approximate surface area is 235 Å². The third kappa shape index (κ3) is 7.17. The maximum absolute atomic E-state index is 13.3. The van der Waals surface area contributed by atoms with Crippen molar-refractivity contribution in [3.8, 4) is 5.75 Å². The number of imidazole rings is 1. The monoisotopic (exact) mass is 568 g/mol. The van der Waals surface area contributed by atoms with Gasteiger partial charge >= 0.3 is 6.36 Å². The van der Waals surface area contributed by atoms with Crippen molar-refractivity contribution in [3.63, 3.8) is 0 Å². The fraction of sp³-hybridized carbons (Fsp3) is 0.355. The van der Waals surface area contributed by atoms with Crippen LogP contribution in [0.2, 0.25) is 0 Å². The predicted molar refractivity (Wildman–Crippen MR) is 151 cm³/mol. The lowest BCUT2D eigenvalue weighted by molar-refractivity contribution is -0.274. The summed E-state index contributed by atoms with van der Waals surface area (Å²) in [6.45, 7) is 7.49. The van der Waals surface area contributed by atoms with Gasteiger partial charge in [0.2, 0.25) is 5.95 Å². The van der Waals surface area contributed by atoms with E-state index in [0.717, 1.165) is 24.8 Å². The van der Waals surface area contributed by atoms with Crippen LogP contribution in [0.3, 0.4) is 0 Å². The highest BCUT2D eigenvalue weighted by Gasteiger charge is 2.33.